The Kier molecular flexibility index (Phi) is 6.36. The SMILES string of the molecule is COCCCCCNCC1CCC(=O)N1. The van der Waals surface area contributed by atoms with E-state index in [2.05, 4.69) is 10.6 Å². The van der Waals surface area contributed by atoms with E-state index >= 15 is 0 Å². The first-order valence-corrected chi connectivity index (χ1v) is 5.82. The minimum atomic E-state index is 0.196. The molecule has 1 aliphatic rings. The Bertz CT molecular complexity index is 185. The molecule has 4 nitrogen and oxygen atoms in total. The summed E-state index contributed by atoms with van der Waals surface area (Å²) < 4.78 is 4.97. The van der Waals surface area contributed by atoms with Crippen molar-refractivity contribution in [1.82, 2.24) is 10.6 Å². The molecule has 1 atom stereocenters. The minimum Gasteiger partial charge on any atom is -0.385 e. The van der Waals surface area contributed by atoms with Gasteiger partial charge in [-0.15, -0.1) is 0 Å². The van der Waals surface area contributed by atoms with Crippen molar-refractivity contribution >= 4 is 5.91 Å². The number of unbranched alkanes of at least 4 members (excludes halogenated alkanes) is 2. The molecule has 1 rings (SSSR count). The van der Waals surface area contributed by atoms with Crippen LogP contribution in [0.25, 0.3) is 0 Å². The highest BCUT2D eigenvalue weighted by Crippen LogP contribution is 2.04. The van der Waals surface area contributed by atoms with Gasteiger partial charge in [-0.05, 0) is 32.2 Å². The molecule has 0 aromatic heterocycles. The van der Waals surface area contributed by atoms with Crippen LogP contribution < -0.4 is 10.6 Å². The summed E-state index contributed by atoms with van der Waals surface area (Å²) in [5.74, 6) is 0.196. The van der Waals surface area contributed by atoms with Crippen molar-refractivity contribution in [3.05, 3.63) is 0 Å². The first-order valence-electron chi connectivity index (χ1n) is 5.82. The van der Waals surface area contributed by atoms with Gasteiger partial charge in [0.1, 0.15) is 0 Å². The van der Waals surface area contributed by atoms with E-state index in [0.717, 1.165) is 32.5 Å². The Labute approximate surface area is 91.8 Å². The zero-order valence-corrected chi connectivity index (χ0v) is 9.55. The third kappa shape index (κ3) is 5.74. The quantitative estimate of drug-likeness (QED) is 0.584. The van der Waals surface area contributed by atoms with Crippen molar-refractivity contribution in [2.24, 2.45) is 0 Å². The van der Waals surface area contributed by atoms with Crippen LogP contribution in [0.15, 0.2) is 0 Å². The highest BCUT2D eigenvalue weighted by atomic mass is 16.5. The molecule has 0 saturated carbocycles. The zero-order valence-electron chi connectivity index (χ0n) is 9.55. The van der Waals surface area contributed by atoms with Gasteiger partial charge < -0.3 is 15.4 Å². The van der Waals surface area contributed by atoms with Crippen LogP contribution in [0.2, 0.25) is 0 Å². The van der Waals surface area contributed by atoms with Crippen LogP contribution in [-0.2, 0) is 9.53 Å². The smallest absolute Gasteiger partial charge is 0.220 e. The predicted molar refractivity (Wildman–Crippen MR) is 59.8 cm³/mol. The predicted octanol–water partition coefficient (Wildman–Crippen LogP) is 0.671. The minimum absolute atomic E-state index is 0.196. The van der Waals surface area contributed by atoms with E-state index in [0.29, 0.717) is 12.5 Å². The maximum Gasteiger partial charge on any atom is 0.220 e. The summed E-state index contributed by atoms with van der Waals surface area (Å²) in [7, 11) is 1.74. The van der Waals surface area contributed by atoms with E-state index < -0.39 is 0 Å². The maximum atomic E-state index is 10.9. The van der Waals surface area contributed by atoms with E-state index in [1.807, 2.05) is 0 Å². The van der Waals surface area contributed by atoms with Gasteiger partial charge in [0.15, 0.2) is 0 Å². The molecule has 1 fully saturated rings. The van der Waals surface area contributed by atoms with Crippen LogP contribution in [0.3, 0.4) is 0 Å². The van der Waals surface area contributed by atoms with Crippen molar-refractivity contribution in [2.75, 3.05) is 26.8 Å². The summed E-state index contributed by atoms with van der Waals surface area (Å²) in [4.78, 5) is 10.9. The van der Waals surface area contributed by atoms with Gasteiger partial charge in [-0.25, -0.2) is 0 Å². The van der Waals surface area contributed by atoms with Gasteiger partial charge >= 0.3 is 0 Å². The molecule has 4 heteroatoms. The lowest BCUT2D eigenvalue weighted by Gasteiger charge is -2.10. The summed E-state index contributed by atoms with van der Waals surface area (Å²) >= 11 is 0. The highest BCUT2D eigenvalue weighted by molar-refractivity contribution is 5.78. The van der Waals surface area contributed by atoms with Crippen LogP contribution in [0, 0.1) is 0 Å². The van der Waals surface area contributed by atoms with E-state index in [-0.39, 0.29) is 5.91 Å². The van der Waals surface area contributed by atoms with Gasteiger partial charge in [0.05, 0.1) is 0 Å². The molecular formula is C11H22N2O2. The number of methoxy groups -OCH3 is 1. The van der Waals surface area contributed by atoms with Gasteiger partial charge in [-0.1, -0.05) is 0 Å². The first kappa shape index (κ1) is 12.5. The van der Waals surface area contributed by atoms with Crippen molar-refractivity contribution in [1.29, 1.82) is 0 Å². The number of nitrogens with one attached hydrogen (secondary N) is 2. The fraction of sp³-hybridized carbons (Fsp3) is 0.909. The Balaban J connectivity index is 1.83. The van der Waals surface area contributed by atoms with Gasteiger partial charge in [0.2, 0.25) is 5.91 Å². The van der Waals surface area contributed by atoms with Gasteiger partial charge in [0, 0.05) is 32.7 Å². The molecular weight excluding hydrogens is 192 g/mol. The molecule has 2 N–H and O–H groups in total. The normalized spacial score (nSPS) is 20.6. The Hall–Kier alpha value is -0.610. The van der Waals surface area contributed by atoms with Crippen molar-refractivity contribution < 1.29 is 9.53 Å². The Morgan fingerprint density at radius 3 is 3.00 bits per heavy atom. The van der Waals surface area contributed by atoms with E-state index in [9.17, 15) is 4.79 Å². The number of hydrogen-bond acceptors (Lipinski definition) is 3. The van der Waals surface area contributed by atoms with Gasteiger partial charge in [-0.3, -0.25) is 4.79 Å². The second-order valence-corrected chi connectivity index (χ2v) is 4.06. The van der Waals surface area contributed by atoms with Crippen molar-refractivity contribution in [3.63, 3.8) is 0 Å². The molecule has 1 heterocycles. The number of rotatable bonds is 8. The number of hydrogen-bond donors (Lipinski definition) is 2. The lowest BCUT2D eigenvalue weighted by Crippen LogP contribution is -2.35. The van der Waals surface area contributed by atoms with Crippen LogP contribution in [0.5, 0.6) is 0 Å². The Morgan fingerprint density at radius 2 is 2.33 bits per heavy atom. The lowest BCUT2D eigenvalue weighted by molar-refractivity contribution is -0.119. The standard InChI is InChI=1S/C11H22N2O2/c1-15-8-4-2-3-7-12-9-10-5-6-11(14)13-10/h10,12H,2-9H2,1H3,(H,13,14). The summed E-state index contributed by atoms with van der Waals surface area (Å²) in [6, 6.07) is 0.358. The van der Waals surface area contributed by atoms with Crippen LogP contribution >= 0.6 is 0 Å². The molecule has 0 aromatic rings. The van der Waals surface area contributed by atoms with E-state index in [1.54, 1.807) is 7.11 Å². The highest BCUT2D eigenvalue weighted by Gasteiger charge is 2.19. The Morgan fingerprint density at radius 1 is 1.47 bits per heavy atom. The summed E-state index contributed by atoms with van der Waals surface area (Å²) in [5, 5.41) is 6.31. The molecule has 1 aliphatic heterocycles. The number of amides is 1. The molecule has 1 unspecified atom stereocenters. The summed E-state index contributed by atoms with van der Waals surface area (Å²) in [6.07, 6.45) is 5.20. The summed E-state index contributed by atoms with van der Waals surface area (Å²) in [5.41, 5.74) is 0. The second-order valence-electron chi connectivity index (χ2n) is 4.06. The third-order valence-electron chi connectivity index (χ3n) is 2.68. The molecule has 1 saturated heterocycles. The van der Waals surface area contributed by atoms with Crippen LogP contribution in [0.4, 0.5) is 0 Å². The van der Waals surface area contributed by atoms with Crippen molar-refractivity contribution in [2.45, 2.75) is 38.1 Å². The molecule has 0 bridgehead atoms. The molecule has 0 radical (unpaired) electrons. The third-order valence-corrected chi connectivity index (χ3v) is 2.68. The van der Waals surface area contributed by atoms with E-state index in [1.165, 1.54) is 12.8 Å². The van der Waals surface area contributed by atoms with Crippen LogP contribution in [-0.4, -0.2) is 38.8 Å². The van der Waals surface area contributed by atoms with E-state index in [4.69, 9.17) is 4.74 Å². The average molecular weight is 214 g/mol. The molecule has 0 aromatic carbocycles. The molecule has 88 valence electrons. The van der Waals surface area contributed by atoms with Crippen LogP contribution in [0.1, 0.15) is 32.1 Å². The van der Waals surface area contributed by atoms with Gasteiger partial charge in [0.25, 0.3) is 0 Å². The monoisotopic (exact) mass is 214 g/mol. The molecule has 15 heavy (non-hydrogen) atoms. The lowest BCUT2D eigenvalue weighted by atomic mass is 10.2. The summed E-state index contributed by atoms with van der Waals surface area (Å²) in [6.45, 7) is 2.81. The maximum absolute atomic E-state index is 10.9. The molecule has 1 amide bonds. The number of carbonyl (C=O) groups excluding carboxylic acids is 1. The second kappa shape index (κ2) is 7.65. The first-order chi connectivity index (χ1) is 7.33. The average Bonchev–Trinajstić information content (AvgIpc) is 2.63. The zero-order chi connectivity index (χ0) is 10.9. The van der Waals surface area contributed by atoms with Gasteiger partial charge in [-0.2, -0.15) is 0 Å². The largest absolute Gasteiger partial charge is 0.385 e. The topological polar surface area (TPSA) is 50.4 Å². The molecule has 0 aliphatic carbocycles. The number of ether oxygens (including phenoxy) is 1. The fourth-order valence-corrected chi connectivity index (χ4v) is 1.78. The van der Waals surface area contributed by atoms with Crippen molar-refractivity contribution in [3.8, 4) is 0 Å². The fourth-order valence-electron chi connectivity index (χ4n) is 1.78. The molecule has 0 spiro atoms. The number of carbonyl (C=O) groups is 1.